The van der Waals surface area contributed by atoms with Gasteiger partial charge in [0.1, 0.15) is 5.82 Å². The molecule has 3 heterocycles. The monoisotopic (exact) mass is 296 g/mol. The van der Waals surface area contributed by atoms with E-state index >= 15 is 0 Å². The highest BCUT2D eigenvalue weighted by atomic mass is 16.6. The number of fused-ring (bicyclic) bond motifs is 1. The summed E-state index contributed by atoms with van der Waals surface area (Å²) in [7, 11) is 0. The van der Waals surface area contributed by atoms with Gasteiger partial charge >= 0.3 is 5.97 Å². The van der Waals surface area contributed by atoms with Crippen LogP contribution in [0.4, 0.5) is 5.82 Å². The minimum atomic E-state index is -0.194. The van der Waals surface area contributed by atoms with Crippen molar-refractivity contribution in [3.63, 3.8) is 0 Å². The maximum atomic E-state index is 11.9. The molecule has 112 valence electrons. The topological polar surface area (TPSA) is 46.9 Å². The van der Waals surface area contributed by atoms with Crippen LogP contribution in [0.25, 0.3) is 0 Å². The number of carbonyl (C=O) groups excluding carboxylic acids is 1. The average molecular weight is 296 g/mol. The van der Waals surface area contributed by atoms with Crippen LogP contribution in [0.5, 0.6) is 0 Å². The van der Waals surface area contributed by atoms with Gasteiger partial charge in [0.15, 0.2) is 0 Å². The number of esters is 1. The van der Waals surface area contributed by atoms with Gasteiger partial charge in [-0.15, -0.1) is 0 Å². The lowest BCUT2D eigenvalue weighted by atomic mass is 10.1. The van der Waals surface area contributed by atoms with E-state index in [-0.39, 0.29) is 12.2 Å². The molecule has 1 fully saturated rings. The normalized spacial score (nSPS) is 21.5. The van der Waals surface area contributed by atoms with E-state index in [1.54, 1.807) is 0 Å². The van der Waals surface area contributed by atoms with Crippen molar-refractivity contribution in [3.8, 4) is 0 Å². The second-order valence-corrected chi connectivity index (χ2v) is 5.71. The second kappa shape index (κ2) is 5.42. The number of anilines is 1. The first-order chi connectivity index (χ1) is 10.8. The molecular weight excluding hydrogens is 278 g/mol. The van der Waals surface area contributed by atoms with Crippen molar-refractivity contribution in [1.82, 2.24) is 4.98 Å². The maximum absolute atomic E-state index is 11.9. The largest absolute Gasteiger partial charge is 0.404 e. The molecule has 0 saturated carbocycles. The Balaban J connectivity index is 1.48. The van der Waals surface area contributed by atoms with Crippen LogP contribution in [0.3, 0.4) is 0 Å². The van der Waals surface area contributed by atoms with Crippen molar-refractivity contribution >= 4 is 11.8 Å². The van der Waals surface area contributed by atoms with Gasteiger partial charge in [-0.3, -0.25) is 4.90 Å². The van der Waals surface area contributed by atoms with E-state index in [4.69, 9.17) is 4.74 Å². The zero-order valence-corrected chi connectivity index (χ0v) is 12.2. The van der Waals surface area contributed by atoms with E-state index < -0.39 is 0 Å². The highest BCUT2D eigenvalue weighted by Crippen LogP contribution is 2.26. The quantitative estimate of drug-likeness (QED) is 0.827. The number of quaternary nitrogens is 1. The summed E-state index contributed by atoms with van der Waals surface area (Å²) in [6.45, 7) is 3.71. The van der Waals surface area contributed by atoms with Crippen LogP contribution in [-0.4, -0.2) is 37.1 Å². The molecule has 0 spiro atoms. The molecule has 1 aromatic heterocycles. The standard InChI is InChI=1S/C17H17N3O2/c21-17-14-6-2-1-5-13(14)16(22-17)20-11-9-19(10-12-20)15-7-3-4-8-18-15/h1-8,16H,9-12H2/p+1. The lowest BCUT2D eigenvalue weighted by molar-refractivity contribution is -0.952. The van der Waals surface area contributed by atoms with Crippen molar-refractivity contribution in [3.05, 3.63) is 59.8 Å². The molecule has 1 saturated heterocycles. The van der Waals surface area contributed by atoms with Crippen LogP contribution in [0, 0.1) is 0 Å². The summed E-state index contributed by atoms with van der Waals surface area (Å²) in [6.07, 6.45) is 1.67. The van der Waals surface area contributed by atoms with E-state index in [2.05, 4.69) is 9.88 Å². The third-order valence-corrected chi connectivity index (χ3v) is 4.44. The molecule has 2 aromatic rings. The van der Waals surface area contributed by atoms with Gasteiger partial charge in [-0.25, -0.2) is 9.78 Å². The van der Waals surface area contributed by atoms with Gasteiger partial charge in [-0.2, -0.15) is 0 Å². The lowest BCUT2D eigenvalue weighted by Crippen LogP contribution is -3.15. The maximum Gasteiger partial charge on any atom is 0.343 e. The number of nitrogens with zero attached hydrogens (tertiary/aromatic N) is 2. The SMILES string of the molecule is O=C1OC([NH+]2CCN(c3ccccn3)CC2)c2ccccc21. The minimum absolute atomic E-state index is 0.158. The Morgan fingerprint density at radius 3 is 2.64 bits per heavy atom. The van der Waals surface area contributed by atoms with Crippen LogP contribution in [0.1, 0.15) is 22.1 Å². The smallest absolute Gasteiger partial charge is 0.343 e. The second-order valence-electron chi connectivity index (χ2n) is 5.71. The average Bonchev–Trinajstić information content (AvgIpc) is 2.93. The van der Waals surface area contributed by atoms with E-state index in [9.17, 15) is 4.79 Å². The fraction of sp³-hybridized carbons (Fsp3) is 0.294. The van der Waals surface area contributed by atoms with E-state index in [1.165, 1.54) is 4.90 Å². The Labute approximate surface area is 129 Å². The third kappa shape index (κ3) is 2.23. The van der Waals surface area contributed by atoms with Gasteiger partial charge in [-0.05, 0) is 24.3 Å². The molecule has 1 atom stereocenters. The zero-order valence-electron chi connectivity index (χ0n) is 12.2. The zero-order chi connectivity index (χ0) is 14.9. The number of benzene rings is 1. The third-order valence-electron chi connectivity index (χ3n) is 4.44. The summed E-state index contributed by atoms with van der Waals surface area (Å²) in [6, 6.07) is 13.7. The Bertz CT molecular complexity index is 681. The number of aromatic nitrogens is 1. The van der Waals surface area contributed by atoms with Crippen molar-refractivity contribution in [2.24, 2.45) is 0 Å². The Morgan fingerprint density at radius 2 is 1.86 bits per heavy atom. The van der Waals surface area contributed by atoms with Gasteiger partial charge in [0.05, 0.1) is 37.3 Å². The Morgan fingerprint density at radius 1 is 1.09 bits per heavy atom. The van der Waals surface area contributed by atoms with E-state index in [0.29, 0.717) is 5.56 Å². The highest BCUT2D eigenvalue weighted by Gasteiger charge is 2.39. The molecule has 22 heavy (non-hydrogen) atoms. The van der Waals surface area contributed by atoms with Crippen LogP contribution in [-0.2, 0) is 4.74 Å². The van der Waals surface area contributed by atoms with Crippen molar-refractivity contribution < 1.29 is 14.4 Å². The number of nitrogens with one attached hydrogen (secondary N) is 1. The van der Waals surface area contributed by atoms with E-state index in [1.807, 2.05) is 48.7 Å². The highest BCUT2D eigenvalue weighted by molar-refractivity contribution is 5.93. The molecule has 0 bridgehead atoms. The van der Waals surface area contributed by atoms with Crippen LogP contribution in [0.15, 0.2) is 48.7 Å². The number of ether oxygens (including phenoxy) is 1. The summed E-state index contributed by atoms with van der Waals surface area (Å²) in [4.78, 5) is 19.9. The Hall–Kier alpha value is -2.40. The first-order valence-electron chi connectivity index (χ1n) is 7.63. The predicted molar refractivity (Wildman–Crippen MR) is 81.7 cm³/mol. The minimum Gasteiger partial charge on any atom is -0.404 e. The number of rotatable bonds is 2. The number of hydrogen-bond acceptors (Lipinski definition) is 4. The number of piperazine rings is 1. The molecule has 2 aliphatic heterocycles. The molecule has 0 aliphatic carbocycles. The van der Waals surface area contributed by atoms with Crippen LogP contribution < -0.4 is 9.80 Å². The summed E-state index contributed by atoms with van der Waals surface area (Å²) in [5.41, 5.74) is 1.74. The summed E-state index contributed by atoms with van der Waals surface area (Å²) in [5, 5.41) is 0. The molecule has 5 heteroatoms. The van der Waals surface area contributed by atoms with Gasteiger partial charge < -0.3 is 9.64 Å². The molecule has 0 radical (unpaired) electrons. The van der Waals surface area contributed by atoms with Crippen molar-refractivity contribution in [2.45, 2.75) is 6.23 Å². The molecular formula is C17H18N3O2+. The number of carbonyl (C=O) groups is 1. The molecule has 1 N–H and O–H groups in total. The number of hydrogen-bond donors (Lipinski definition) is 1. The molecule has 1 aromatic carbocycles. The molecule has 0 amide bonds. The fourth-order valence-electron chi connectivity index (χ4n) is 3.27. The van der Waals surface area contributed by atoms with Gasteiger partial charge in [0, 0.05) is 6.20 Å². The molecule has 5 nitrogen and oxygen atoms in total. The van der Waals surface area contributed by atoms with Crippen molar-refractivity contribution in [2.75, 3.05) is 31.1 Å². The first kappa shape index (κ1) is 13.3. The fourth-order valence-corrected chi connectivity index (χ4v) is 3.27. The van der Waals surface area contributed by atoms with Gasteiger partial charge in [-0.1, -0.05) is 18.2 Å². The van der Waals surface area contributed by atoms with Crippen molar-refractivity contribution in [1.29, 1.82) is 0 Å². The van der Waals surface area contributed by atoms with Gasteiger partial charge in [0.2, 0.25) is 0 Å². The van der Waals surface area contributed by atoms with Crippen LogP contribution in [0.2, 0.25) is 0 Å². The first-order valence-corrected chi connectivity index (χ1v) is 7.63. The Kier molecular flexibility index (Phi) is 3.27. The summed E-state index contributed by atoms with van der Waals surface area (Å²) < 4.78 is 5.60. The van der Waals surface area contributed by atoms with Gasteiger partial charge in [0.25, 0.3) is 6.23 Å². The summed E-state index contributed by atoms with van der Waals surface area (Å²) >= 11 is 0. The number of pyridine rings is 1. The lowest BCUT2D eigenvalue weighted by Gasteiger charge is -2.35. The predicted octanol–water partition coefficient (Wildman–Crippen LogP) is 0.656. The molecule has 2 aliphatic rings. The molecule has 4 rings (SSSR count). The number of cyclic esters (lactones) is 1. The summed E-state index contributed by atoms with van der Waals surface area (Å²) in [5.74, 6) is 0.825. The van der Waals surface area contributed by atoms with E-state index in [0.717, 1.165) is 37.6 Å². The molecule has 1 unspecified atom stereocenters. The van der Waals surface area contributed by atoms with Crippen LogP contribution >= 0.6 is 0 Å².